The number of thioether (sulfide) groups is 1. The molecule has 19 heavy (non-hydrogen) atoms. The van der Waals surface area contributed by atoms with Gasteiger partial charge in [0.2, 0.25) is 0 Å². The Morgan fingerprint density at radius 1 is 1.47 bits per heavy atom. The molecule has 0 aliphatic carbocycles. The van der Waals surface area contributed by atoms with Crippen molar-refractivity contribution < 1.29 is 9.47 Å². The predicted octanol–water partition coefficient (Wildman–Crippen LogP) is 2.69. The zero-order valence-corrected chi connectivity index (χ0v) is 12.4. The summed E-state index contributed by atoms with van der Waals surface area (Å²) in [6.07, 6.45) is 2.46. The molecule has 1 aliphatic heterocycles. The molecule has 1 aliphatic rings. The average molecular weight is 281 g/mol. The lowest BCUT2D eigenvalue weighted by atomic mass is 10.2. The topological polar surface area (TPSA) is 30.5 Å². The summed E-state index contributed by atoms with van der Waals surface area (Å²) in [6.45, 7) is 4.37. The van der Waals surface area contributed by atoms with Crippen LogP contribution in [0.3, 0.4) is 0 Å². The van der Waals surface area contributed by atoms with E-state index in [9.17, 15) is 0 Å². The van der Waals surface area contributed by atoms with Gasteiger partial charge in [0.25, 0.3) is 0 Å². The largest absolute Gasteiger partial charge is 0.383 e. The summed E-state index contributed by atoms with van der Waals surface area (Å²) in [4.78, 5) is 1.35. The van der Waals surface area contributed by atoms with Crippen LogP contribution < -0.4 is 5.32 Å². The Balaban J connectivity index is 1.80. The molecule has 1 saturated heterocycles. The first-order valence-corrected chi connectivity index (χ1v) is 7.79. The van der Waals surface area contributed by atoms with Crippen LogP contribution >= 0.6 is 11.8 Å². The monoisotopic (exact) mass is 281 g/mol. The van der Waals surface area contributed by atoms with E-state index in [1.807, 2.05) is 11.8 Å². The number of ether oxygens (including phenoxy) is 2. The Kier molecular flexibility index (Phi) is 6.71. The molecule has 2 rings (SSSR count). The second kappa shape index (κ2) is 8.59. The van der Waals surface area contributed by atoms with Crippen molar-refractivity contribution in [3.63, 3.8) is 0 Å². The lowest BCUT2D eigenvalue weighted by molar-refractivity contribution is 0.101. The number of rotatable bonds is 7. The number of methoxy groups -OCH3 is 1. The zero-order valence-electron chi connectivity index (χ0n) is 11.6. The van der Waals surface area contributed by atoms with E-state index >= 15 is 0 Å². The summed E-state index contributed by atoms with van der Waals surface area (Å²) >= 11 is 1.94. The molecule has 1 unspecified atom stereocenters. The van der Waals surface area contributed by atoms with Gasteiger partial charge in [0.05, 0.1) is 13.2 Å². The van der Waals surface area contributed by atoms with E-state index in [0.29, 0.717) is 5.25 Å². The van der Waals surface area contributed by atoms with Crippen LogP contribution in [0.4, 0.5) is 0 Å². The maximum Gasteiger partial charge on any atom is 0.0588 e. The molecule has 1 atom stereocenters. The van der Waals surface area contributed by atoms with Crippen LogP contribution in [-0.4, -0.2) is 38.7 Å². The van der Waals surface area contributed by atoms with E-state index in [2.05, 4.69) is 29.6 Å². The molecule has 0 saturated carbocycles. The highest BCUT2D eigenvalue weighted by molar-refractivity contribution is 8.00. The molecule has 0 radical (unpaired) electrons. The molecule has 0 aromatic heterocycles. The van der Waals surface area contributed by atoms with Crippen LogP contribution in [0.5, 0.6) is 0 Å². The van der Waals surface area contributed by atoms with Gasteiger partial charge in [-0.15, -0.1) is 11.8 Å². The molecular formula is C15H23NO2S. The van der Waals surface area contributed by atoms with Crippen molar-refractivity contribution in [3.05, 3.63) is 29.8 Å². The van der Waals surface area contributed by atoms with E-state index in [4.69, 9.17) is 9.47 Å². The first-order chi connectivity index (χ1) is 9.38. The summed E-state index contributed by atoms with van der Waals surface area (Å²) < 4.78 is 10.6. The molecule has 1 N–H and O–H groups in total. The molecular weight excluding hydrogens is 258 g/mol. The second-order valence-corrected chi connectivity index (χ2v) is 6.15. The van der Waals surface area contributed by atoms with Crippen molar-refractivity contribution in [1.82, 2.24) is 5.32 Å². The third-order valence-corrected chi connectivity index (χ3v) is 4.36. The molecule has 106 valence electrons. The minimum atomic E-state index is 0.616. The number of hydrogen-bond acceptors (Lipinski definition) is 4. The van der Waals surface area contributed by atoms with Gasteiger partial charge < -0.3 is 14.8 Å². The van der Waals surface area contributed by atoms with Gasteiger partial charge in [0.1, 0.15) is 0 Å². The summed E-state index contributed by atoms with van der Waals surface area (Å²) in [5.41, 5.74) is 1.33. The van der Waals surface area contributed by atoms with Gasteiger partial charge in [-0.05, 0) is 30.5 Å². The second-order valence-electron chi connectivity index (χ2n) is 4.77. The first-order valence-electron chi connectivity index (χ1n) is 6.91. The molecule has 1 fully saturated rings. The van der Waals surface area contributed by atoms with Crippen LogP contribution in [0.25, 0.3) is 0 Å². The Morgan fingerprint density at radius 2 is 2.42 bits per heavy atom. The fourth-order valence-electron chi connectivity index (χ4n) is 2.13. The van der Waals surface area contributed by atoms with Gasteiger partial charge >= 0.3 is 0 Å². The summed E-state index contributed by atoms with van der Waals surface area (Å²) in [7, 11) is 1.73. The van der Waals surface area contributed by atoms with Gasteiger partial charge in [0.15, 0.2) is 0 Å². The summed E-state index contributed by atoms with van der Waals surface area (Å²) in [6, 6.07) is 8.78. The summed E-state index contributed by atoms with van der Waals surface area (Å²) in [5.74, 6) is 0. The van der Waals surface area contributed by atoms with Crippen molar-refractivity contribution >= 4 is 11.8 Å². The molecule has 3 nitrogen and oxygen atoms in total. The Hall–Kier alpha value is -0.550. The third kappa shape index (κ3) is 5.53. The minimum Gasteiger partial charge on any atom is -0.383 e. The van der Waals surface area contributed by atoms with Crippen LogP contribution in [0.2, 0.25) is 0 Å². The normalized spacial score (nSPS) is 19.5. The van der Waals surface area contributed by atoms with Crippen LogP contribution in [0.1, 0.15) is 18.4 Å². The number of hydrogen-bond donors (Lipinski definition) is 1. The van der Waals surface area contributed by atoms with Crippen LogP contribution in [0.15, 0.2) is 29.2 Å². The van der Waals surface area contributed by atoms with E-state index in [-0.39, 0.29) is 0 Å². The molecule has 1 aromatic carbocycles. The SMILES string of the molecule is COCCNCc1cccc(SC2CCCOC2)c1. The van der Waals surface area contributed by atoms with Crippen LogP contribution in [0, 0.1) is 0 Å². The Morgan fingerprint density at radius 3 is 3.21 bits per heavy atom. The van der Waals surface area contributed by atoms with Gasteiger partial charge in [-0.2, -0.15) is 0 Å². The van der Waals surface area contributed by atoms with E-state index < -0.39 is 0 Å². The average Bonchev–Trinajstić information content (AvgIpc) is 2.45. The Bertz CT molecular complexity index is 367. The molecule has 0 amide bonds. The maximum absolute atomic E-state index is 5.53. The highest BCUT2D eigenvalue weighted by atomic mass is 32.2. The fraction of sp³-hybridized carbons (Fsp3) is 0.600. The smallest absolute Gasteiger partial charge is 0.0588 e. The van der Waals surface area contributed by atoms with Crippen molar-refractivity contribution in [2.24, 2.45) is 0 Å². The number of nitrogens with one attached hydrogen (secondary N) is 1. The van der Waals surface area contributed by atoms with Gasteiger partial charge in [0, 0.05) is 37.0 Å². The standard InChI is InChI=1S/C15H23NO2S/c1-17-9-7-16-11-13-4-2-5-14(10-13)19-15-6-3-8-18-12-15/h2,4-5,10,15-16H,3,6-9,11-12H2,1H3. The molecule has 1 heterocycles. The van der Waals surface area contributed by atoms with E-state index in [1.54, 1.807) is 7.11 Å². The predicted molar refractivity (Wildman–Crippen MR) is 79.7 cm³/mol. The molecule has 1 aromatic rings. The zero-order chi connectivity index (χ0) is 13.3. The van der Waals surface area contributed by atoms with Crippen LogP contribution in [-0.2, 0) is 16.0 Å². The lowest BCUT2D eigenvalue weighted by Crippen LogP contribution is -2.19. The molecule has 0 spiro atoms. The van der Waals surface area contributed by atoms with E-state index in [0.717, 1.165) is 32.9 Å². The Labute approximate surface area is 120 Å². The van der Waals surface area contributed by atoms with Crippen molar-refractivity contribution in [1.29, 1.82) is 0 Å². The fourth-order valence-corrected chi connectivity index (χ4v) is 3.34. The van der Waals surface area contributed by atoms with Crippen molar-refractivity contribution in [2.75, 3.05) is 33.5 Å². The van der Waals surface area contributed by atoms with Crippen molar-refractivity contribution in [3.8, 4) is 0 Å². The van der Waals surface area contributed by atoms with Gasteiger partial charge in [-0.3, -0.25) is 0 Å². The van der Waals surface area contributed by atoms with Crippen molar-refractivity contribution in [2.45, 2.75) is 29.5 Å². The minimum absolute atomic E-state index is 0.616. The van der Waals surface area contributed by atoms with E-state index in [1.165, 1.54) is 23.3 Å². The number of benzene rings is 1. The first kappa shape index (κ1) is 14.9. The maximum atomic E-state index is 5.53. The molecule has 0 bridgehead atoms. The quantitative estimate of drug-likeness (QED) is 0.779. The molecule has 4 heteroatoms. The summed E-state index contributed by atoms with van der Waals surface area (Å²) in [5, 5.41) is 3.99. The highest BCUT2D eigenvalue weighted by Gasteiger charge is 2.14. The highest BCUT2D eigenvalue weighted by Crippen LogP contribution is 2.29. The third-order valence-electron chi connectivity index (χ3n) is 3.13. The van der Waals surface area contributed by atoms with Gasteiger partial charge in [-0.25, -0.2) is 0 Å². The lowest BCUT2D eigenvalue weighted by Gasteiger charge is -2.21. The van der Waals surface area contributed by atoms with Gasteiger partial charge in [-0.1, -0.05) is 12.1 Å².